The predicted molar refractivity (Wildman–Crippen MR) is 73.3 cm³/mol. The van der Waals surface area contributed by atoms with Gasteiger partial charge in [-0.3, -0.25) is 4.68 Å². The number of rotatable bonds is 6. The monoisotopic (exact) mass is 246 g/mol. The van der Waals surface area contributed by atoms with E-state index >= 15 is 0 Å². The second-order valence-corrected chi connectivity index (χ2v) is 4.65. The number of aromatic nitrogens is 3. The van der Waals surface area contributed by atoms with Gasteiger partial charge in [0.05, 0.1) is 18.3 Å². The zero-order chi connectivity index (χ0) is 13.0. The minimum absolute atomic E-state index is 0.517. The molecule has 2 rings (SSSR count). The summed E-state index contributed by atoms with van der Waals surface area (Å²) in [7, 11) is 0. The van der Waals surface area contributed by atoms with Crippen LogP contribution in [0.5, 0.6) is 0 Å². The van der Waals surface area contributed by atoms with Gasteiger partial charge >= 0.3 is 0 Å². The Balaban J connectivity index is 2.06. The van der Waals surface area contributed by atoms with E-state index in [1.54, 1.807) is 0 Å². The lowest BCUT2D eigenvalue weighted by molar-refractivity contribution is 0.424. The summed E-state index contributed by atoms with van der Waals surface area (Å²) >= 11 is 0. The highest BCUT2D eigenvalue weighted by molar-refractivity contribution is 5.11. The molecule has 2 aromatic heterocycles. The Morgan fingerprint density at radius 2 is 2.00 bits per heavy atom. The fourth-order valence-corrected chi connectivity index (χ4v) is 2.22. The van der Waals surface area contributed by atoms with Crippen LogP contribution in [0.4, 0.5) is 0 Å². The average Bonchev–Trinajstić information content (AvgIpc) is 3.01. The lowest BCUT2D eigenvalue weighted by atomic mass is 10.2. The molecular weight excluding hydrogens is 224 g/mol. The third-order valence-corrected chi connectivity index (χ3v) is 3.37. The van der Waals surface area contributed by atoms with Crippen LogP contribution in [-0.4, -0.2) is 14.3 Å². The third kappa shape index (κ3) is 2.82. The molecule has 18 heavy (non-hydrogen) atoms. The summed E-state index contributed by atoms with van der Waals surface area (Å²) in [5.74, 6) is 0. The molecule has 0 aliphatic heterocycles. The zero-order valence-corrected chi connectivity index (χ0v) is 11.2. The Morgan fingerprint density at radius 1 is 1.22 bits per heavy atom. The summed E-state index contributed by atoms with van der Waals surface area (Å²) in [6, 6.07) is 4.67. The van der Waals surface area contributed by atoms with Crippen molar-refractivity contribution in [1.82, 2.24) is 14.3 Å². The first-order chi connectivity index (χ1) is 8.76. The zero-order valence-electron chi connectivity index (χ0n) is 11.2. The number of nitrogens with two attached hydrogens (primary N) is 1. The minimum atomic E-state index is 0.517. The molecule has 0 unspecified atom stereocenters. The topological polar surface area (TPSA) is 48.8 Å². The van der Waals surface area contributed by atoms with Crippen LogP contribution in [0.2, 0.25) is 0 Å². The van der Waals surface area contributed by atoms with E-state index in [1.807, 2.05) is 0 Å². The first-order valence-corrected chi connectivity index (χ1v) is 6.65. The van der Waals surface area contributed by atoms with Gasteiger partial charge in [0, 0.05) is 25.1 Å². The first-order valence-electron chi connectivity index (χ1n) is 6.65. The number of hydrogen-bond donors (Lipinski definition) is 1. The molecule has 4 nitrogen and oxygen atoms in total. The highest BCUT2D eigenvalue weighted by atomic mass is 15.3. The van der Waals surface area contributed by atoms with Crippen molar-refractivity contribution >= 4 is 0 Å². The Hall–Kier alpha value is -1.55. The Morgan fingerprint density at radius 3 is 2.61 bits per heavy atom. The second kappa shape index (κ2) is 5.87. The van der Waals surface area contributed by atoms with Crippen molar-refractivity contribution in [1.29, 1.82) is 0 Å². The smallest absolute Gasteiger partial charge is 0.0821 e. The van der Waals surface area contributed by atoms with Crippen molar-refractivity contribution in [2.24, 2.45) is 5.73 Å². The van der Waals surface area contributed by atoms with E-state index in [0.29, 0.717) is 12.6 Å². The van der Waals surface area contributed by atoms with Crippen molar-refractivity contribution in [3.8, 4) is 0 Å². The largest absolute Gasteiger partial charge is 0.348 e. The minimum Gasteiger partial charge on any atom is -0.348 e. The maximum atomic E-state index is 5.60. The van der Waals surface area contributed by atoms with Gasteiger partial charge in [0.15, 0.2) is 0 Å². The van der Waals surface area contributed by atoms with Crippen molar-refractivity contribution in [3.63, 3.8) is 0 Å². The van der Waals surface area contributed by atoms with Crippen LogP contribution in [0.3, 0.4) is 0 Å². The molecule has 0 aromatic carbocycles. The molecule has 0 amide bonds. The van der Waals surface area contributed by atoms with Crippen molar-refractivity contribution in [3.05, 3.63) is 42.0 Å². The Labute approximate surface area is 108 Å². The molecule has 0 radical (unpaired) electrons. The van der Waals surface area contributed by atoms with E-state index in [-0.39, 0.29) is 0 Å². The predicted octanol–water partition coefficient (Wildman–Crippen LogP) is 2.55. The summed E-state index contributed by atoms with van der Waals surface area (Å²) in [5.41, 5.74) is 7.86. The molecule has 2 heterocycles. The molecule has 0 bridgehead atoms. The van der Waals surface area contributed by atoms with Gasteiger partial charge in [-0.25, -0.2) is 0 Å². The molecule has 0 spiro atoms. The van der Waals surface area contributed by atoms with Gasteiger partial charge in [-0.05, 0) is 30.5 Å². The van der Waals surface area contributed by atoms with Crippen LogP contribution in [0.25, 0.3) is 0 Å². The van der Waals surface area contributed by atoms with Crippen LogP contribution in [0.1, 0.15) is 44.0 Å². The summed E-state index contributed by atoms with van der Waals surface area (Å²) < 4.78 is 4.21. The van der Waals surface area contributed by atoms with Gasteiger partial charge in [-0.15, -0.1) is 0 Å². The SMILES string of the molecule is CCC(CC)n1ccc(Cn2ccc(CN)c2)n1. The van der Waals surface area contributed by atoms with Crippen LogP contribution >= 0.6 is 0 Å². The number of nitrogens with zero attached hydrogens (tertiary/aromatic N) is 3. The van der Waals surface area contributed by atoms with Gasteiger partial charge in [-0.1, -0.05) is 13.8 Å². The van der Waals surface area contributed by atoms with Crippen LogP contribution in [0.15, 0.2) is 30.7 Å². The Kier molecular flexibility index (Phi) is 4.20. The molecule has 4 heteroatoms. The van der Waals surface area contributed by atoms with Gasteiger partial charge in [0.25, 0.3) is 0 Å². The van der Waals surface area contributed by atoms with E-state index in [9.17, 15) is 0 Å². The summed E-state index contributed by atoms with van der Waals surface area (Å²) in [5, 5.41) is 4.65. The summed E-state index contributed by atoms with van der Waals surface area (Å²) in [6.07, 6.45) is 8.46. The van der Waals surface area contributed by atoms with Gasteiger partial charge in [0.1, 0.15) is 0 Å². The normalized spacial score (nSPS) is 11.3. The van der Waals surface area contributed by atoms with Crippen LogP contribution in [0, 0.1) is 0 Å². The lowest BCUT2D eigenvalue weighted by Crippen LogP contribution is -2.08. The molecule has 0 saturated carbocycles. The lowest BCUT2D eigenvalue weighted by Gasteiger charge is -2.12. The summed E-state index contributed by atoms with van der Waals surface area (Å²) in [4.78, 5) is 0. The van der Waals surface area contributed by atoms with Crippen molar-refractivity contribution in [2.75, 3.05) is 0 Å². The average molecular weight is 246 g/mol. The molecule has 0 aliphatic rings. The van der Waals surface area contributed by atoms with Crippen molar-refractivity contribution < 1.29 is 0 Å². The highest BCUT2D eigenvalue weighted by Crippen LogP contribution is 2.15. The fraction of sp³-hybridized carbons (Fsp3) is 0.500. The Bertz CT molecular complexity index is 479. The molecule has 0 saturated heterocycles. The van der Waals surface area contributed by atoms with Crippen LogP contribution < -0.4 is 5.73 Å². The molecule has 98 valence electrons. The molecule has 2 aromatic rings. The summed E-state index contributed by atoms with van der Waals surface area (Å²) in [6.45, 7) is 5.81. The van der Waals surface area contributed by atoms with E-state index in [0.717, 1.165) is 30.6 Å². The molecule has 2 N–H and O–H groups in total. The van der Waals surface area contributed by atoms with Crippen molar-refractivity contribution in [2.45, 2.75) is 45.8 Å². The highest BCUT2D eigenvalue weighted by Gasteiger charge is 2.08. The maximum Gasteiger partial charge on any atom is 0.0821 e. The van der Waals surface area contributed by atoms with E-state index in [1.165, 1.54) is 0 Å². The maximum absolute atomic E-state index is 5.60. The van der Waals surface area contributed by atoms with E-state index in [2.05, 4.69) is 58.9 Å². The quantitative estimate of drug-likeness (QED) is 0.851. The van der Waals surface area contributed by atoms with Gasteiger partial charge in [0.2, 0.25) is 0 Å². The fourth-order valence-electron chi connectivity index (χ4n) is 2.22. The van der Waals surface area contributed by atoms with E-state index < -0.39 is 0 Å². The molecular formula is C14H22N4. The molecule has 0 aliphatic carbocycles. The second-order valence-electron chi connectivity index (χ2n) is 4.65. The van der Waals surface area contributed by atoms with Gasteiger partial charge in [-0.2, -0.15) is 5.10 Å². The van der Waals surface area contributed by atoms with Crippen LogP contribution in [-0.2, 0) is 13.1 Å². The van der Waals surface area contributed by atoms with E-state index in [4.69, 9.17) is 5.73 Å². The van der Waals surface area contributed by atoms with Gasteiger partial charge < -0.3 is 10.3 Å². The first kappa shape index (κ1) is 12.9. The number of hydrogen-bond acceptors (Lipinski definition) is 2. The standard InChI is InChI=1S/C14H22N4/c1-3-14(4-2)18-8-6-13(16-18)11-17-7-5-12(9-15)10-17/h5-8,10,14H,3-4,9,11,15H2,1-2H3. The molecule has 0 fully saturated rings. The molecule has 0 atom stereocenters. The third-order valence-electron chi connectivity index (χ3n) is 3.37.